The minimum atomic E-state index is -0.812. The van der Waals surface area contributed by atoms with Crippen LogP contribution < -0.4 is 0 Å². The van der Waals surface area contributed by atoms with Crippen molar-refractivity contribution in [1.82, 2.24) is 9.13 Å². The molecule has 3 aliphatic carbocycles. The molecule has 4 nitrogen and oxygen atoms in total. The number of ketones is 2. The minimum Gasteiger partial charge on any atom is -0.309 e. The fourth-order valence-electron chi connectivity index (χ4n) is 13.6. The molecule has 2 aromatic heterocycles. The Balaban J connectivity index is 1.03. The number of para-hydroxylation sites is 4. The van der Waals surface area contributed by atoms with Crippen molar-refractivity contribution in [2.75, 3.05) is 0 Å². The van der Waals surface area contributed by atoms with Crippen LogP contribution in [0.4, 0.5) is 0 Å². The molecule has 0 spiro atoms. The van der Waals surface area contributed by atoms with E-state index in [9.17, 15) is 9.59 Å². The van der Waals surface area contributed by atoms with E-state index in [1.807, 2.05) is 36.4 Å². The van der Waals surface area contributed by atoms with E-state index in [2.05, 4.69) is 228 Å². The minimum absolute atomic E-state index is 0.0335. The molecule has 11 aromatic carbocycles. The van der Waals surface area contributed by atoms with Crippen LogP contribution in [0.3, 0.4) is 0 Å². The van der Waals surface area contributed by atoms with Gasteiger partial charge >= 0.3 is 0 Å². The first-order chi connectivity index (χ1) is 37.3. The van der Waals surface area contributed by atoms with Crippen molar-refractivity contribution < 1.29 is 9.59 Å². The predicted octanol–water partition coefficient (Wildman–Crippen LogP) is 17.0. The highest BCUT2D eigenvalue weighted by molar-refractivity contribution is 6.10. The first-order valence-electron chi connectivity index (χ1n) is 26.1. The van der Waals surface area contributed by atoms with Gasteiger partial charge in [-0.3, -0.25) is 9.59 Å². The second kappa shape index (κ2) is 16.4. The summed E-state index contributed by atoms with van der Waals surface area (Å²) in [6.07, 6.45) is 0. The Bertz CT molecular complexity index is 4370. The van der Waals surface area contributed by atoms with Crippen molar-refractivity contribution in [3.8, 4) is 33.6 Å². The van der Waals surface area contributed by atoms with Crippen molar-refractivity contribution in [1.29, 1.82) is 0 Å². The molecular weight excluding hydrogens is 925 g/mol. The number of benzene rings is 11. The summed E-state index contributed by atoms with van der Waals surface area (Å²) in [4.78, 5) is 25.9. The fraction of sp³-hybridized carbons (Fsp3) is 0.0556. The smallest absolute Gasteiger partial charge is 0.159 e. The van der Waals surface area contributed by atoms with E-state index >= 15 is 0 Å². The molecule has 2 heterocycles. The predicted molar refractivity (Wildman–Crippen MR) is 310 cm³/mol. The molecule has 0 saturated carbocycles. The van der Waals surface area contributed by atoms with Crippen LogP contribution in [0.2, 0.25) is 0 Å². The molecule has 0 amide bonds. The first-order valence-corrected chi connectivity index (χ1v) is 26.1. The molecular formula is C72H48N2O2. The van der Waals surface area contributed by atoms with Gasteiger partial charge in [0.1, 0.15) is 0 Å². The lowest BCUT2D eigenvalue weighted by atomic mass is 9.44. The number of fused-ring (bicyclic) bond motifs is 6. The number of rotatable bonds is 8. The summed E-state index contributed by atoms with van der Waals surface area (Å²) in [7, 11) is 0. The summed E-state index contributed by atoms with van der Waals surface area (Å²) < 4.78 is 4.78. The maximum Gasteiger partial charge on any atom is 0.159 e. The van der Waals surface area contributed by atoms with E-state index < -0.39 is 10.8 Å². The molecule has 358 valence electrons. The van der Waals surface area contributed by atoms with Gasteiger partial charge in [0.25, 0.3) is 0 Å². The molecule has 0 radical (unpaired) electrons. The third-order valence-electron chi connectivity index (χ3n) is 16.9. The molecule has 0 N–H and O–H groups in total. The molecule has 2 bridgehead atoms. The van der Waals surface area contributed by atoms with Crippen LogP contribution in [0.15, 0.2) is 255 Å². The maximum absolute atomic E-state index is 12.9. The van der Waals surface area contributed by atoms with Gasteiger partial charge in [0.2, 0.25) is 0 Å². The molecule has 76 heavy (non-hydrogen) atoms. The number of carbonyl (C=O) groups excluding carboxylic acids is 2. The van der Waals surface area contributed by atoms with Gasteiger partial charge in [-0.05, 0) is 153 Å². The van der Waals surface area contributed by atoms with Gasteiger partial charge in [0.15, 0.2) is 11.6 Å². The Morgan fingerprint density at radius 2 is 0.605 bits per heavy atom. The molecule has 0 atom stereocenters. The Hall–Kier alpha value is -9.64. The number of nitrogens with zero attached hydrogens (tertiary/aromatic N) is 2. The Kier molecular flexibility index (Phi) is 9.49. The quantitative estimate of drug-likeness (QED) is 0.142. The van der Waals surface area contributed by atoms with Gasteiger partial charge < -0.3 is 9.13 Å². The van der Waals surface area contributed by atoms with Gasteiger partial charge in [-0.15, -0.1) is 0 Å². The van der Waals surface area contributed by atoms with Gasteiger partial charge in [-0.1, -0.05) is 182 Å². The zero-order valence-electron chi connectivity index (χ0n) is 42.0. The largest absolute Gasteiger partial charge is 0.309 e. The third-order valence-corrected chi connectivity index (χ3v) is 16.9. The van der Waals surface area contributed by atoms with Gasteiger partial charge in [-0.2, -0.15) is 0 Å². The van der Waals surface area contributed by atoms with E-state index in [-0.39, 0.29) is 11.6 Å². The summed E-state index contributed by atoms with van der Waals surface area (Å²) in [5.41, 5.74) is 20.3. The summed E-state index contributed by atoms with van der Waals surface area (Å²) in [5, 5.41) is 4.90. The van der Waals surface area contributed by atoms with Crippen LogP contribution >= 0.6 is 0 Å². The van der Waals surface area contributed by atoms with Gasteiger partial charge in [-0.25, -0.2) is 0 Å². The summed E-state index contributed by atoms with van der Waals surface area (Å²) in [6, 6.07) is 92.7. The van der Waals surface area contributed by atoms with Crippen LogP contribution in [0.5, 0.6) is 0 Å². The molecule has 4 heteroatoms. The van der Waals surface area contributed by atoms with Gasteiger partial charge in [0.05, 0.1) is 32.9 Å². The van der Waals surface area contributed by atoms with E-state index in [0.29, 0.717) is 11.1 Å². The SMILES string of the molecule is CC(=O)c1cccc(-c2ccc3c(c2)C2(c4ccc(-n5c6ccccc6c6ccccc65)cc4)c4ccccc4C3(c3ccc(-n4c5ccccc5c5ccccc54)cc3)c3ccc(-c4cccc(C(C)=O)c4)cc32)c1. The number of hydrogen-bond acceptors (Lipinski definition) is 2. The van der Waals surface area contributed by atoms with Crippen LogP contribution in [0.1, 0.15) is 79.1 Å². The molecule has 0 aliphatic heterocycles. The van der Waals surface area contributed by atoms with Crippen LogP contribution in [-0.4, -0.2) is 20.7 Å². The fourth-order valence-corrected chi connectivity index (χ4v) is 13.6. The number of hydrogen-bond donors (Lipinski definition) is 0. The Morgan fingerprint density at radius 1 is 0.289 bits per heavy atom. The summed E-state index contributed by atoms with van der Waals surface area (Å²) in [5.74, 6) is 0.0671. The lowest BCUT2D eigenvalue weighted by molar-refractivity contribution is 0.100. The number of carbonyl (C=O) groups is 2. The summed E-state index contributed by atoms with van der Waals surface area (Å²) >= 11 is 0. The van der Waals surface area contributed by atoms with Crippen molar-refractivity contribution in [2.45, 2.75) is 24.7 Å². The monoisotopic (exact) mass is 972 g/mol. The second-order valence-corrected chi connectivity index (χ2v) is 20.7. The first kappa shape index (κ1) is 43.9. The third kappa shape index (κ3) is 6.01. The molecule has 3 aliphatic rings. The van der Waals surface area contributed by atoms with E-state index in [0.717, 1.165) is 50.2 Å². The molecule has 0 unspecified atom stereocenters. The normalized spacial score (nSPS) is 16.2. The highest BCUT2D eigenvalue weighted by Gasteiger charge is 2.60. The molecule has 0 fully saturated rings. The Labute approximate surface area is 440 Å². The molecule has 13 aromatic rings. The van der Waals surface area contributed by atoms with Gasteiger partial charge in [0, 0.05) is 44.0 Å². The zero-order valence-corrected chi connectivity index (χ0v) is 42.0. The highest BCUT2D eigenvalue weighted by Crippen LogP contribution is 2.67. The van der Waals surface area contributed by atoms with Crippen LogP contribution in [-0.2, 0) is 10.8 Å². The lowest BCUT2D eigenvalue weighted by Crippen LogP contribution is -2.52. The van der Waals surface area contributed by atoms with E-state index in [1.54, 1.807) is 13.8 Å². The standard InChI is InChI=1S/C72H48N2O2/c1-45(75)47-15-13-17-49(41-47)51-29-39-63-65(43-51)72(54-33-37-56(38-34-54)74-69-27-11-5-21-59(69)60-22-6-12-28-70(60)74)62-24-8-7-23-61(62)71(63,64-40-30-52(44-66(64)72)50-18-14-16-48(42-50)46(2)76)53-31-35-55(36-32-53)73-67-25-9-3-19-57(67)58-20-4-10-26-68(58)73/h3-44H,1-2H3. The molecule has 16 rings (SSSR count). The number of aromatic nitrogens is 2. The van der Waals surface area contributed by atoms with Crippen molar-refractivity contribution in [3.05, 3.63) is 310 Å². The van der Waals surface area contributed by atoms with E-state index in [4.69, 9.17) is 0 Å². The van der Waals surface area contributed by atoms with Crippen LogP contribution in [0, 0.1) is 0 Å². The molecule has 0 saturated heterocycles. The zero-order chi connectivity index (χ0) is 50.9. The maximum atomic E-state index is 12.9. The lowest BCUT2D eigenvalue weighted by Gasteiger charge is -2.57. The van der Waals surface area contributed by atoms with Crippen molar-refractivity contribution in [2.24, 2.45) is 0 Å². The average molecular weight is 973 g/mol. The van der Waals surface area contributed by atoms with Crippen molar-refractivity contribution >= 4 is 55.2 Å². The number of Topliss-reactive ketones (excluding diaryl/α,β-unsaturated/α-hetero) is 2. The average Bonchev–Trinajstić information content (AvgIpc) is 4.14. The second-order valence-electron chi connectivity index (χ2n) is 20.7. The van der Waals surface area contributed by atoms with Crippen LogP contribution in [0.25, 0.3) is 77.2 Å². The van der Waals surface area contributed by atoms with E-state index in [1.165, 1.54) is 71.5 Å². The highest BCUT2D eigenvalue weighted by atomic mass is 16.1. The Morgan fingerprint density at radius 3 is 0.974 bits per heavy atom. The topological polar surface area (TPSA) is 44.0 Å². The van der Waals surface area contributed by atoms with Crippen molar-refractivity contribution in [3.63, 3.8) is 0 Å². The summed E-state index contributed by atoms with van der Waals surface area (Å²) in [6.45, 7) is 3.27.